The van der Waals surface area contributed by atoms with E-state index in [0.717, 1.165) is 13.8 Å². The number of para-hydroxylation sites is 2. The molecule has 17 heteroatoms. The first-order chi connectivity index (χ1) is 32.3. The van der Waals surface area contributed by atoms with E-state index in [1.807, 2.05) is 0 Å². The standard InChI is InChI=1S/C51H54N2O15/c1-28-35(66-46(60)40(57)39(34-23-16-24-63-34)52-47(61)53(32-19-12-8-13-20-32)33-21-14-9-15-22-33)26-51(62)44(67-45(59)31-17-10-7-11-18-31)42-49(6,36(56)25-37-50(42,27-64-37)68-30(3)55)43(58)41(65-29(2)54)38(28)48(51,4)5/h7-24,35-37,39-42,44,56-57,62H,25-27H2,1-6H3,(H,52,61)/t35?,36?,37?,39?,40?,41?,42?,44?,49-,50+,51?/m1/s1. The molecule has 68 heavy (non-hydrogen) atoms. The molecule has 0 spiro atoms. The molecule has 3 aliphatic carbocycles. The van der Waals surface area contributed by atoms with E-state index < -0.39 is 113 Å². The van der Waals surface area contributed by atoms with Gasteiger partial charge in [-0.3, -0.25) is 19.3 Å². The van der Waals surface area contributed by atoms with Crippen LogP contribution in [-0.2, 0) is 42.9 Å². The van der Waals surface area contributed by atoms with E-state index >= 15 is 4.79 Å². The van der Waals surface area contributed by atoms with Crippen molar-refractivity contribution in [3.8, 4) is 0 Å². The van der Waals surface area contributed by atoms with E-state index in [-0.39, 0.29) is 35.5 Å². The van der Waals surface area contributed by atoms with Gasteiger partial charge in [-0.05, 0) is 73.5 Å². The monoisotopic (exact) mass is 934 g/mol. The average molecular weight is 935 g/mol. The summed E-state index contributed by atoms with van der Waals surface area (Å²) in [6.45, 7) is 7.90. The molecule has 2 amide bonds. The van der Waals surface area contributed by atoms with Gasteiger partial charge in [0.2, 0.25) is 0 Å². The predicted octanol–water partition coefficient (Wildman–Crippen LogP) is 5.45. The number of ether oxygens (including phenoxy) is 5. The van der Waals surface area contributed by atoms with Gasteiger partial charge in [0.1, 0.15) is 35.7 Å². The summed E-state index contributed by atoms with van der Waals surface area (Å²) >= 11 is 0. The molecule has 1 saturated heterocycles. The summed E-state index contributed by atoms with van der Waals surface area (Å²) < 4.78 is 36.0. The van der Waals surface area contributed by atoms with Crippen LogP contribution in [0.2, 0.25) is 0 Å². The normalized spacial score (nSPS) is 30.0. The van der Waals surface area contributed by atoms with Crippen molar-refractivity contribution >= 4 is 47.1 Å². The smallest absolute Gasteiger partial charge is 0.338 e. The van der Waals surface area contributed by atoms with Crippen molar-refractivity contribution in [2.45, 2.75) is 108 Å². The number of Topliss-reactive ketones (excluding diaryl/α,β-unsaturated/α-hetero) is 1. The minimum Gasteiger partial charge on any atom is -0.467 e. The molecular formula is C51H54N2O15. The highest BCUT2D eigenvalue weighted by Crippen LogP contribution is 2.64. The Morgan fingerprint density at radius 2 is 1.43 bits per heavy atom. The number of esters is 4. The lowest BCUT2D eigenvalue weighted by molar-refractivity contribution is -0.346. The number of amides is 2. The van der Waals surface area contributed by atoms with Crippen molar-refractivity contribution in [1.29, 1.82) is 0 Å². The summed E-state index contributed by atoms with van der Waals surface area (Å²) in [5, 5.41) is 40.6. The van der Waals surface area contributed by atoms with Crippen molar-refractivity contribution in [2.75, 3.05) is 11.5 Å². The molecule has 2 heterocycles. The van der Waals surface area contributed by atoms with Gasteiger partial charge in [0.15, 0.2) is 23.6 Å². The first-order valence-corrected chi connectivity index (χ1v) is 22.3. The number of anilines is 2. The van der Waals surface area contributed by atoms with Crippen LogP contribution in [-0.4, -0.2) is 105 Å². The third kappa shape index (κ3) is 7.95. The first-order valence-electron chi connectivity index (χ1n) is 22.3. The zero-order valence-corrected chi connectivity index (χ0v) is 38.3. The van der Waals surface area contributed by atoms with Crippen LogP contribution in [0.5, 0.6) is 0 Å². The van der Waals surface area contributed by atoms with Crippen LogP contribution < -0.4 is 10.2 Å². The summed E-state index contributed by atoms with van der Waals surface area (Å²) in [6, 6.07) is 25.8. The Morgan fingerprint density at radius 1 is 0.824 bits per heavy atom. The van der Waals surface area contributed by atoms with Crippen LogP contribution in [0.3, 0.4) is 0 Å². The molecule has 1 aromatic heterocycles. The zero-order chi connectivity index (χ0) is 48.9. The summed E-state index contributed by atoms with van der Waals surface area (Å²) in [5.74, 6) is -6.44. The quantitative estimate of drug-likeness (QED) is 0.0832. The maximum Gasteiger partial charge on any atom is 0.338 e. The molecule has 2 bridgehead atoms. The number of hydrogen-bond donors (Lipinski definition) is 4. The van der Waals surface area contributed by atoms with Crippen molar-refractivity contribution in [1.82, 2.24) is 5.32 Å². The SMILES string of the molecule is CC(=O)OC1C(=O)[C@]2(C)C(O)CC3OC[C@@]3(OC(C)=O)C2C(OC(=O)c2ccccc2)C2(O)CC(OC(=O)C(O)C(NC(=O)N(c3ccccc3)c3ccccc3)c3ccco3)C(C)=C1C2(C)C. The second-order valence-corrected chi connectivity index (χ2v) is 18.6. The minimum absolute atomic E-state index is 0.0240. The van der Waals surface area contributed by atoms with Crippen molar-refractivity contribution in [3.63, 3.8) is 0 Å². The van der Waals surface area contributed by atoms with Gasteiger partial charge in [-0.15, -0.1) is 0 Å². The fourth-order valence-electron chi connectivity index (χ4n) is 10.9. The van der Waals surface area contributed by atoms with Crippen LogP contribution in [0.15, 0.2) is 125 Å². The summed E-state index contributed by atoms with van der Waals surface area (Å²) in [5.41, 5.74) is -6.92. The number of benzene rings is 3. The molecule has 358 valence electrons. The average Bonchev–Trinajstić information content (AvgIpc) is 3.85. The molecule has 1 aliphatic heterocycles. The molecule has 2 saturated carbocycles. The van der Waals surface area contributed by atoms with Crippen molar-refractivity contribution in [2.24, 2.45) is 16.7 Å². The number of furan rings is 1. The van der Waals surface area contributed by atoms with E-state index in [9.17, 15) is 39.3 Å². The number of aliphatic hydroxyl groups excluding tert-OH is 2. The second kappa shape index (κ2) is 18.1. The van der Waals surface area contributed by atoms with Gasteiger partial charge < -0.3 is 48.7 Å². The van der Waals surface area contributed by atoms with Gasteiger partial charge in [-0.2, -0.15) is 0 Å². The van der Waals surface area contributed by atoms with Crippen LogP contribution >= 0.6 is 0 Å². The van der Waals surface area contributed by atoms with Gasteiger partial charge in [0.05, 0.1) is 47.2 Å². The third-order valence-corrected chi connectivity index (χ3v) is 14.4. The highest BCUT2D eigenvalue weighted by Gasteiger charge is 2.78. The molecule has 0 radical (unpaired) electrons. The molecule has 4 aliphatic rings. The fourth-order valence-corrected chi connectivity index (χ4v) is 10.9. The molecule has 3 fully saturated rings. The maximum atomic E-state index is 15.6. The maximum absolute atomic E-state index is 15.6. The van der Waals surface area contributed by atoms with Gasteiger partial charge in [-0.1, -0.05) is 68.4 Å². The van der Waals surface area contributed by atoms with Crippen LogP contribution in [0, 0.1) is 16.7 Å². The Kier molecular flexibility index (Phi) is 12.7. The Balaban J connectivity index is 1.24. The predicted molar refractivity (Wildman–Crippen MR) is 240 cm³/mol. The summed E-state index contributed by atoms with van der Waals surface area (Å²) in [4.78, 5) is 86.3. The lowest BCUT2D eigenvalue weighted by atomic mass is 9.44. The largest absolute Gasteiger partial charge is 0.467 e. The number of urea groups is 1. The number of aliphatic hydroxyl groups is 3. The van der Waals surface area contributed by atoms with Gasteiger partial charge >= 0.3 is 29.9 Å². The molecule has 11 atom stereocenters. The van der Waals surface area contributed by atoms with Crippen molar-refractivity contribution in [3.05, 3.63) is 132 Å². The number of carbonyl (C=O) groups is 6. The van der Waals surface area contributed by atoms with E-state index in [2.05, 4.69) is 5.32 Å². The number of nitrogens with one attached hydrogen (secondary N) is 1. The fraction of sp³-hybridized carbons (Fsp3) is 0.412. The minimum atomic E-state index is -2.43. The second-order valence-electron chi connectivity index (χ2n) is 18.6. The topological polar surface area (TPSA) is 238 Å². The first kappa shape index (κ1) is 47.8. The molecule has 4 aromatic rings. The van der Waals surface area contributed by atoms with E-state index in [0.29, 0.717) is 11.4 Å². The number of hydrogen-bond acceptors (Lipinski definition) is 15. The Morgan fingerprint density at radius 3 is 1.96 bits per heavy atom. The lowest BCUT2D eigenvalue weighted by Crippen LogP contribution is -2.82. The van der Waals surface area contributed by atoms with Gasteiger partial charge in [0, 0.05) is 32.1 Å². The number of ketones is 1. The van der Waals surface area contributed by atoms with Crippen LogP contribution in [0.4, 0.5) is 16.2 Å². The zero-order valence-electron chi connectivity index (χ0n) is 38.3. The Bertz CT molecular complexity index is 2560. The summed E-state index contributed by atoms with van der Waals surface area (Å²) in [7, 11) is 0. The van der Waals surface area contributed by atoms with E-state index in [1.54, 1.807) is 92.7 Å². The summed E-state index contributed by atoms with van der Waals surface area (Å²) in [6.07, 6.45) is -9.59. The Hall–Kier alpha value is -6.66. The van der Waals surface area contributed by atoms with E-state index in [4.69, 9.17) is 28.1 Å². The lowest BCUT2D eigenvalue weighted by Gasteiger charge is -2.67. The molecule has 4 N–H and O–H groups in total. The molecule has 9 unspecified atom stereocenters. The van der Waals surface area contributed by atoms with Gasteiger partial charge in [0.25, 0.3) is 0 Å². The van der Waals surface area contributed by atoms with Crippen LogP contribution in [0.1, 0.15) is 76.5 Å². The third-order valence-electron chi connectivity index (χ3n) is 14.4. The number of rotatable bonds is 11. The molecule has 8 rings (SSSR count). The Labute approximate surface area is 391 Å². The van der Waals surface area contributed by atoms with Crippen molar-refractivity contribution < 1.29 is 72.2 Å². The highest BCUT2D eigenvalue weighted by molar-refractivity contribution is 6.00. The molecule has 17 nitrogen and oxygen atoms in total. The number of carbonyl (C=O) groups excluding carboxylic acids is 6. The number of nitrogens with zero attached hydrogens (tertiary/aromatic N) is 1. The van der Waals surface area contributed by atoms with Gasteiger partial charge in [-0.25, -0.2) is 14.4 Å². The van der Waals surface area contributed by atoms with Crippen LogP contribution in [0.25, 0.3) is 0 Å². The molecular weight excluding hydrogens is 881 g/mol. The molecule has 3 aromatic carbocycles. The van der Waals surface area contributed by atoms with E-state index in [1.165, 1.54) is 49.3 Å². The number of fused-ring (bicyclic) bond motifs is 5. The highest BCUT2D eigenvalue weighted by atomic mass is 16.6.